The van der Waals surface area contributed by atoms with E-state index >= 15 is 0 Å². The first-order chi connectivity index (χ1) is 58.5. The van der Waals surface area contributed by atoms with Gasteiger partial charge in [0.05, 0.1) is 41.5 Å². The van der Waals surface area contributed by atoms with E-state index in [4.69, 9.17) is 0 Å². The van der Waals surface area contributed by atoms with Gasteiger partial charge in [-0.3, -0.25) is 24.0 Å². The van der Waals surface area contributed by atoms with E-state index in [0.717, 1.165) is 130 Å². The molecule has 0 unspecified atom stereocenters. The number of hydrogen-bond acceptors (Lipinski definition) is 14. The highest BCUT2D eigenvalue weighted by atomic mass is 32.2. The highest BCUT2D eigenvalue weighted by Crippen LogP contribution is 2.73. The van der Waals surface area contributed by atoms with Crippen molar-refractivity contribution in [2.75, 3.05) is 37.4 Å². The lowest BCUT2D eigenvalue weighted by Crippen LogP contribution is -2.63. The minimum atomic E-state index is -3.83. The molecule has 0 saturated heterocycles. The number of aliphatic hydroxyl groups is 6. The smallest absolute Gasteiger partial charge is 0.241 e. The van der Waals surface area contributed by atoms with Crippen LogP contribution in [-0.2, 0) is 34.0 Å². The summed E-state index contributed by atoms with van der Waals surface area (Å²) in [6.07, 6.45) is 19.2. The summed E-state index contributed by atoms with van der Waals surface area (Å²) in [6, 6.07) is 25.0. The molecule has 20 nitrogen and oxygen atoms in total. The second-order valence-electron chi connectivity index (χ2n) is 44.5. The molecule has 4 aromatic carbocycles. The summed E-state index contributed by atoms with van der Waals surface area (Å²) < 4.78 is 29.9. The molecule has 0 aromatic heterocycles. The van der Waals surface area contributed by atoms with Gasteiger partial charge >= 0.3 is 0 Å². The number of aliphatic hydroxyl groups excluding tert-OH is 6. The van der Waals surface area contributed by atoms with Gasteiger partial charge in [0, 0.05) is 105 Å². The Morgan fingerprint density at radius 2 is 0.797 bits per heavy atom. The van der Waals surface area contributed by atoms with Crippen LogP contribution >= 0.6 is 0 Å². The van der Waals surface area contributed by atoms with Crippen LogP contribution in [0.2, 0.25) is 0 Å². The van der Waals surface area contributed by atoms with E-state index in [1.807, 2.05) is 73.6 Å². The normalized spacial score (nSPS) is 41.1. The fourth-order valence-electron chi connectivity index (χ4n) is 32.0. The van der Waals surface area contributed by atoms with Gasteiger partial charge in [0.25, 0.3) is 0 Å². The van der Waals surface area contributed by atoms with E-state index in [-0.39, 0.29) is 205 Å². The predicted octanol–water partition coefficient (Wildman–Crippen LogP) is 15.2. The van der Waals surface area contributed by atoms with Crippen molar-refractivity contribution >= 4 is 72.5 Å². The molecular formula is C102H151N7O13S. The molecule has 0 radical (unpaired) electrons. The summed E-state index contributed by atoms with van der Waals surface area (Å²) in [5, 5.41) is 94.4. The Morgan fingerprint density at radius 3 is 1.25 bits per heavy atom. The molecule has 16 rings (SSSR count). The summed E-state index contributed by atoms with van der Waals surface area (Å²) in [6.45, 7) is 21.4. The number of fused-ring (bicyclic) bond motifs is 17. The Hall–Kier alpha value is -5.78. The second kappa shape index (κ2) is 35.6. The zero-order valence-electron chi connectivity index (χ0n) is 75.8. The number of hydrogen-bond donors (Lipinski definition) is 12. The Labute approximate surface area is 733 Å². The Kier molecular flexibility index (Phi) is 26.2. The van der Waals surface area contributed by atoms with Crippen LogP contribution in [0.4, 0.5) is 11.4 Å². The van der Waals surface area contributed by atoms with Crippen molar-refractivity contribution in [3.05, 3.63) is 78.9 Å². The molecule has 21 heteroatoms. The van der Waals surface area contributed by atoms with Crippen LogP contribution in [-0.4, -0.2) is 151 Å². The van der Waals surface area contributed by atoms with Gasteiger partial charge in [-0.1, -0.05) is 123 Å². The summed E-state index contributed by atoms with van der Waals surface area (Å²) in [7, 11) is 0.0319. The maximum Gasteiger partial charge on any atom is 0.241 e. The molecule has 12 fully saturated rings. The predicted molar refractivity (Wildman–Crippen MR) is 482 cm³/mol. The fraction of sp³-hybridized carbons (Fsp3) is 0.755. The van der Waals surface area contributed by atoms with Crippen LogP contribution in [0.25, 0.3) is 21.5 Å². The average molecular weight is 1720 g/mol. The third-order valence-electron chi connectivity index (χ3n) is 38.7. The average Bonchev–Trinajstić information content (AvgIpc) is 1.66. The minimum Gasteiger partial charge on any atom is -0.393 e. The molecule has 0 heterocycles. The molecule has 4 aromatic rings. The van der Waals surface area contributed by atoms with E-state index in [1.54, 1.807) is 12.1 Å². The van der Waals surface area contributed by atoms with Crippen LogP contribution in [0.5, 0.6) is 0 Å². The molecule has 0 spiro atoms. The lowest BCUT2D eigenvalue weighted by molar-refractivity contribution is -0.203. The van der Waals surface area contributed by atoms with Crippen molar-refractivity contribution in [1.82, 2.24) is 26.0 Å². The summed E-state index contributed by atoms with van der Waals surface area (Å²) in [4.78, 5) is 70.4. The summed E-state index contributed by atoms with van der Waals surface area (Å²) in [5.41, 5.74) is 0.436. The first kappa shape index (κ1) is 90.6. The molecule has 33 atom stereocenters. The number of carbonyl (C=O) groups is 5. The van der Waals surface area contributed by atoms with Gasteiger partial charge in [0.15, 0.2) is 0 Å². The Morgan fingerprint density at radius 1 is 0.415 bits per heavy atom. The molecule has 0 aliphatic heterocycles. The van der Waals surface area contributed by atoms with E-state index in [9.17, 15) is 63.0 Å². The largest absolute Gasteiger partial charge is 0.393 e. The topological polar surface area (TPSA) is 316 Å². The van der Waals surface area contributed by atoms with Gasteiger partial charge in [0.1, 0.15) is 0 Å². The minimum absolute atomic E-state index is 0.00871. The molecular weight excluding hydrogens is 1560 g/mol. The molecule has 678 valence electrons. The number of rotatable bonds is 27. The quantitative estimate of drug-likeness (QED) is 0.0247. The number of benzene rings is 4. The highest BCUT2D eigenvalue weighted by molar-refractivity contribution is 7.89. The Bertz CT molecular complexity index is 4620. The van der Waals surface area contributed by atoms with Gasteiger partial charge in [0.2, 0.25) is 39.6 Å². The van der Waals surface area contributed by atoms with Crippen molar-refractivity contribution in [3.63, 3.8) is 0 Å². The van der Waals surface area contributed by atoms with E-state index < -0.39 is 46.6 Å². The molecule has 12 N–H and O–H groups in total. The van der Waals surface area contributed by atoms with Crippen LogP contribution in [0.15, 0.2) is 83.8 Å². The maximum atomic E-state index is 14.2. The summed E-state index contributed by atoms with van der Waals surface area (Å²) in [5.74, 6) is 3.18. The van der Waals surface area contributed by atoms with Gasteiger partial charge in [-0.25, -0.2) is 13.1 Å². The number of sulfonamides is 1. The van der Waals surface area contributed by atoms with E-state index in [2.05, 4.69) is 106 Å². The lowest BCUT2D eigenvalue weighted by atomic mass is 9.43. The van der Waals surface area contributed by atoms with Crippen LogP contribution in [0.1, 0.15) is 261 Å². The number of nitrogens with one attached hydrogen (secondary N) is 6. The molecule has 0 bridgehead atoms. The fourth-order valence-corrected chi connectivity index (χ4v) is 33.3. The van der Waals surface area contributed by atoms with Crippen molar-refractivity contribution < 1.29 is 63.0 Å². The van der Waals surface area contributed by atoms with Gasteiger partial charge in [-0.15, -0.1) is 0 Å². The standard InChI is InChI=1S/C102H151N7O13S/c1-58(29-38-89(116)103-47-17-27-90(117)105-65-41-44-97(4)62(49-65)52-82(110)96-76-37-34-73(102(76,9)88(115)57-78(96)97)60(3)31-40-93(120)108-80-24-14-20-61-19-12-13-21-68(61)80)71-32-35-74-94-79(55-86(113)100(71,74)7)99(6)46-43-67(51-64(99)54-84(94)112)107-92(119)39-30-59(2)72-33-36-75-95-77(56-87(114)101(72,75)8)98(5)45-42-66(50-63(98)53-83(95)111)106-91(118)28-18-48-104-123(121,122)85-26-16-22-69-70(85)23-15-25-81(69)109(10)11/h12-16,19-26,58-60,62-67,71-79,82-84,86-88,94-96,104,110-115H,17-18,27-57H2,1-11H3,(H,103,116)(H,105,117)(H,106,118)(H,107,119)(H,108,120)/t58-,59-,60-,62+,63+,64+,65-,66-,67-,71-,72-,73-,74+,75+,76+,77+,78+,79+,82-,83-,84-,86+,87+,88+,94+,95+,96+,97+,98+,99+,100-,101-,102-/m1/s1. The van der Waals surface area contributed by atoms with Gasteiger partial charge in [-0.2, -0.15) is 0 Å². The first-order valence-corrected chi connectivity index (χ1v) is 50.2. The molecule has 12 aliphatic rings. The van der Waals surface area contributed by atoms with E-state index in [1.165, 1.54) is 0 Å². The molecule has 12 aliphatic carbocycles. The second-order valence-corrected chi connectivity index (χ2v) is 46.2. The SMILES string of the molecule is C[C@H](CCC(=O)NCCCC(=O)N[C@@H]1CC[C@@]2(C)[C@@H](C1)C[C@@H](O)[C@@H]1[C@@H]2C[C@H](O)[C@]2(C)[C@@H]([C@H](C)CCC(=O)Nc3cccc4ccccc34)CC[C@@H]12)[C@H]1CC[C@H]2[C@@H]3[C@H](O)C[C@@H]4C[C@H](NC(=O)CC[C@@H](C)[C@H]5CC[C@H]6[C@@H]7[C@H](O)C[C@@H]8C[C@H](NC(=O)CCCNS(=O)(=O)c9cccc%10c(N(C)C)cccc9%10)CC[C@]8(C)[C@H]7C[C@H](O)[C@]56C)CC[C@]4(C)[C@H]3C[C@H](O)[C@]12C. The van der Waals surface area contributed by atoms with Crippen molar-refractivity contribution in [1.29, 1.82) is 0 Å². The van der Waals surface area contributed by atoms with Crippen molar-refractivity contribution in [3.8, 4) is 0 Å². The van der Waals surface area contributed by atoms with Crippen molar-refractivity contribution in [2.24, 2.45) is 139 Å². The molecule has 12 saturated carbocycles. The zero-order chi connectivity index (χ0) is 87.4. The monoisotopic (exact) mass is 1710 g/mol. The summed E-state index contributed by atoms with van der Waals surface area (Å²) >= 11 is 0. The molecule has 5 amide bonds. The molecule has 123 heavy (non-hydrogen) atoms. The van der Waals surface area contributed by atoms with Crippen molar-refractivity contribution in [2.45, 2.75) is 321 Å². The highest BCUT2D eigenvalue weighted by Gasteiger charge is 2.70. The van der Waals surface area contributed by atoms with Gasteiger partial charge in [-0.05, 0) is 330 Å². The Balaban J connectivity index is 0.437. The van der Waals surface area contributed by atoms with Crippen LogP contribution < -0.4 is 36.2 Å². The maximum absolute atomic E-state index is 14.2. The number of amides is 5. The number of anilines is 2. The van der Waals surface area contributed by atoms with Gasteiger partial charge < -0.3 is 62.1 Å². The first-order valence-electron chi connectivity index (χ1n) is 48.7. The zero-order valence-corrected chi connectivity index (χ0v) is 76.6. The third-order valence-corrected chi connectivity index (χ3v) is 40.2. The van der Waals surface area contributed by atoms with Crippen LogP contribution in [0, 0.1) is 139 Å². The lowest BCUT2D eigenvalue weighted by Gasteiger charge is -2.63. The number of carbonyl (C=O) groups excluding carboxylic acids is 5. The third kappa shape index (κ3) is 16.6. The van der Waals surface area contributed by atoms with E-state index in [0.29, 0.717) is 102 Å². The number of nitrogens with zero attached hydrogens (tertiary/aromatic N) is 1. The van der Waals surface area contributed by atoms with Crippen LogP contribution in [0.3, 0.4) is 0 Å².